The van der Waals surface area contributed by atoms with Gasteiger partial charge in [0.2, 0.25) is 5.91 Å². The summed E-state index contributed by atoms with van der Waals surface area (Å²) in [6, 6.07) is 14.6. The number of fused-ring (bicyclic) bond motifs is 1. The van der Waals surface area contributed by atoms with Gasteiger partial charge in [-0.3, -0.25) is 4.79 Å². The number of nitrogens with zero attached hydrogens (tertiary/aromatic N) is 2. The molecule has 0 aliphatic carbocycles. The van der Waals surface area contributed by atoms with Gasteiger partial charge in [0, 0.05) is 19.6 Å². The van der Waals surface area contributed by atoms with Gasteiger partial charge in [-0.1, -0.05) is 36.4 Å². The Morgan fingerprint density at radius 2 is 1.93 bits per heavy atom. The van der Waals surface area contributed by atoms with Crippen molar-refractivity contribution in [2.24, 2.45) is 0 Å². The predicted molar refractivity (Wildman–Crippen MR) is 102 cm³/mol. The molecule has 4 rings (SSSR count). The molecule has 1 amide bonds. The minimum Gasteiger partial charge on any atom is -0.375 e. The van der Waals surface area contributed by atoms with Gasteiger partial charge in [0.15, 0.2) is 0 Å². The van der Waals surface area contributed by atoms with E-state index >= 15 is 0 Å². The lowest BCUT2D eigenvalue weighted by atomic mass is 9.88. The normalized spacial score (nSPS) is 23.1. The van der Waals surface area contributed by atoms with E-state index in [0.717, 1.165) is 30.6 Å². The van der Waals surface area contributed by atoms with Crippen molar-refractivity contribution in [3.63, 3.8) is 0 Å². The van der Waals surface area contributed by atoms with Crippen molar-refractivity contribution in [1.29, 1.82) is 0 Å². The molecule has 0 unspecified atom stereocenters. The molecule has 2 atom stereocenters. The van der Waals surface area contributed by atoms with Crippen molar-refractivity contribution >= 4 is 5.91 Å². The maximum Gasteiger partial charge on any atom is 0.226 e. The number of hydrogen-bond donors (Lipinski definition) is 0. The van der Waals surface area contributed by atoms with Gasteiger partial charge in [0.1, 0.15) is 5.82 Å². The Balaban J connectivity index is 1.62. The lowest BCUT2D eigenvalue weighted by Crippen LogP contribution is -2.45. The average Bonchev–Trinajstić information content (AvgIpc) is 2.68. The summed E-state index contributed by atoms with van der Waals surface area (Å²) in [5, 5.41) is 0. The van der Waals surface area contributed by atoms with Gasteiger partial charge in [-0.2, -0.15) is 0 Å². The van der Waals surface area contributed by atoms with Crippen molar-refractivity contribution in [1.82, 2.24) is 9.80 Å². The summed E-state index contributed by atoms with van der Waals surface area (Å²) < 4.78 is 19.2. The van der Waals surface area contributed by atoms with Crippen LogP contribution in [0.15, 0.2) is 48.5 Å². The Bertz CT molecular complexity index is 808. The highest BCUT2D eigenvalue weighted by Gasteiger charge is 2.33. The zero-order chi connectivity index (χ0) is 18.8. The molecular formula is C22H25FN2O2. The molecule has 0 N–H and O–H groups in total. The Hall–Kier alpha value is -2.24. The van der Waals surface area contributed by atoms with Crippen LogP contribution in [0.25, 0.3) is 0 Å². The van der Waals surface area contributed by atoms with Crippen LogP contribution in [-0.2, 0) is 16.0 Å². The van der Waals surface area contributed by atoms with Crippen LogP contribution in [0.3, 0.4) is 0 Å². The summed E-state index contributed by atoms with van der Waals surface area (Å²) in [4.78, 5) is 17.3. The van der Waals surface area contributed by atoms with E-state index in [9.17, 15) is 9.18 Å². The SMILES string of the molecule is CN1CCO[C@H](CC(=O)N2CCc3ccccc3[C@@H]2c2ccc(F)cc2)C1. The number of carbonyl (C=O) groups is 1. The number of amides is 1. The maximum absolute atomic E-state index is 13.4. The van der Waals surface area contributed by atoms with Crippen LogP contribution in [0.2, 0.25) is 0 Å². The summed E-state index contributed by atoms with van der Waals surface area (Å²) in [5.74, 6) is -0.168. The molecule has 2 aromatic rings. The van der Waals surface area contributed by atoms with E-state index in [1.807, 2.05) is 17.0 Å². The van der Waals surface area contributed by atoms with Crippen molar-refractivity contribution in [3.8, 4) is 0 Å². The van der Waals surface area contributed by atoms with Crippen molar-refractivity contribution in [2.45, 2.75) is 25.0 Å². The van der Waals surface area contributed by atoms with Crippen LogP contribution in [0.1, 0.15) is 29.2 Å². The third-order valence-electron chi connectivity index (χ3n) is 5.53. The molecule has 0 radical (unpaired) electrons. The Morgan fingerprint density at radius 1 is 1.15 bits per heavy atom. The third kappa shape index (κ3) is 3.89. The Kier molecular flexibility index (Phi) is 5.23. The zero-order valence-corrected chi connectivity index (χ0v) is 15.6. The standard InChI is InChI=1S/C22H25FN2O2/c1-24-12-13-27-19(15-24)14-21(26)25-11-10-16-4-2-3-5-20(16)22(25)17-6-8-18(23)9-7-17/h2-9,19,22H,10-15H2,1H3/t19-,22+/m1/s1. The molecule has 27 heavy (non-hydrogen) atoms. The number of morpholine rings is 1. The third-order valence-corrected chi connectivity index (χ3v) is 5.53. The smallest absolute Gasteiger partial charge is 0.226 e. The van der Waals surface area contributed by atoms with Gasteiger partial charge in [0.05, 0.1) is 25.2 Å². The lowest BCUT2D eigenvalue weighted by molar-refractivity contribution is -0.138. The minimum absolute atomic E-state index is 0.0673. The largest absolute Gasteiger partial charge is 0.375 e. The van der Waals surface area contributed by atoms with Crippen LogP contribution in [0.4, 0.5) is 4.39 Å². The molecule has 1 saturated heterocycles. The Morgan fingerprint density at radius 3 is 2.70 bits per heavy atom. The molecule has 142 valence electrons. The first-order chi connectivity index (χ1) is 13.1. The Labute approximate surface area is 159 Å². The quantitative estimate of drug-likeness (QED) is 0.835. The number of rotatable bonds is 3. The monoisotopic (exact) mass is 368 g/mol. The van der Waals surface area contributed by atoms with Gasteiger partial charge >= 0.3 is 0 Å². The molecule has 2 aliphatic heterocycles. The van der Waals surface area contributed by atoms with Crippen LogP contribution in [0.5, 0.6) is 0 Å². The summed E-state index contributed by atoms with van der Waals surface area (Å²) in [7, 11) is 2.05. The number of halogens is 1. The molecule has 0 aromatic heterocycles. The number of hydrogen-bond acceptors (Lipinski definition) is 3. The van der Waals surface area contributed by atoms with Crippen molar-refractivity contribution in [3.05, 3.63) is 71.0 Å². The number of benzene rings is 2. The highest BCUT2D eigenvalue weighted by atomic mass is 19.1. The molecule has 0 saturated carbocycles. The second kappa shape index (κ2) is 7.79. The highest BCUT2D eigenvalue weighted by Crippen LogP contribution is 2.35. The van der Waals surface area contributed by atoms with E-state index in [-0.39, 0.29) is 23.9 Å². The predicted octanol–water partition coefficient (Wildman–Crippen LogP) is 3.02. The highest BCUT2D eigenvalue weighted by molar-refractivity contribution is 5.78. The fourth-order valence-electron chi connectivity index (χ4n) is 4.14. The lowest BCUT2D eigenvalue weighted by Gasteiger charge is -2.39. The zero-order valence-electron chi connectivity index (χ0n) is 15.6. The molecule has 0 bridgehead atoms. The molecule has 2 heterocycles. The molecular weight excluding hydrogens is 343 g/mol. The van der Waals surface area contributed by atoms with E-state index in [1.165, 1.54) is 17.7 Å². The first-order valence-corrected chi connectivity index (χ1v) is 9.54. The average molecular weight is 368 g/mol. The van der Waals surface area contributed by atoms with E-state index in [4.69, 9.17) is 4.74 Å². The summed E-state index contributed by atoms with van der Waals surface area (Å²) in [5.41, 5.74) is 3.33. The minimum atomic E-state index is -0.264. The van der Waals surface area contributed by atoms with Crippen LogP contribution >= 0.6 is 0 Å². The molecule has 2 aromatic carbocycles. The van der Waals surface area contributed by atoms with Gasteiger partial charge in [0.25, 0.3) is 0 Å². The van der Waals surface area contributed by atoms with Crippen LogP contribution in [0, 0.1) is 5.82 Å². The van der Waals surface area contributed by atoms with E-state index in [0.29, 0.717) is 19.6 Å². The summed E-state index contributed by atoms with van der Waals surface area (Å²) >= 11 is 0. The second-order valence-corrected chi connectivity index (χ2v) is 7.45. The molecule has 1 fully saturated rings. The topological polar surface area (TPSA) is 32.8 Å². The maximum atomic E-state index is 13.4. The second-order valence-electron chi connectivity index (χ2n) is 7.45. The van der Waals surface area contributed by atoms with Crippen LogP contribution < -0.4 is 0 Å². The van der Waals surface area contributed by atoms with Gasteiger partial charge in [-0.25, -0.2) is 4.39 Å². The van der Waals surface area contributed by atoms with E-state index < -0.39 is 0 Å². The van der Waals surface area contributed by atoms with Crippen molar-refractivity contribution < 1.29 is 13.9 Å². The van der Waals surface area contributed by atoms with Gasteiger partial charge in [-0.05, 0) is 42.3 Å². The number of likely N-dealkylation sites (N-methyl/N-ethyl adjacent to an activating group) is 1. The summed E-state index contributed by atoms with van der Waals surface area (Å²) in [6.45, 7) is 3.01. The first-order valence-electron chi connectivity index (χ1n) is 9.54. The fraction of sp³-hybridized carbons (Fsp3) is 0.409. The van der Waals surface area contributed by atoms with Gasteiger partial charge < -0.3 is 14.5 Å². The molecule has 4 nitrogen and oxygen atoms in total. The molecule has 0 spiro atoms. The van der Waals surface area contributed by atoms with Crippen molar-refractivity contribution in [2.75, 3.05) is 33.3 Å². The first kappa shape index (κ1) is 18.1. The summed E-state index contributed by atoms with van der Waals surface area (Å²) in [6.07, 6.45) is 1.15. The fourth-order valence-corrected chi connectivity index (χ4v) is 4.14. The van der Waals surface area contributed by atoms with E-state index in [1.54, 1.807) is 12.1 Å². The molecule has 2 aliphatic rings. The van der Waals surface area contributed by atoms with Gasteiger partial charge in [-0.15, -0.1) is 0 Å². The molecule has 5 heteroatoms. The number of carbonyl (C=O) groups excluding carboxylic acids is 1. The van der Waals surface area contributed by atoms with E-state index in [2.05, 4.69) is 24.1 Å². The van der Waals surface area contributed by atoms with Crippen LogP contribution in [-0.4, -0.2) is 55.1 Å². The number of ether oxygens (including phenoxy) is 1.